The fourth-order valence-corrected chi connectivity index (χ4v) is 2.73. The number of aliphatic hydroxyl groups is 1. The molecule has 5 nitrogen and oxygen atoms in total. The number of ether oxygens (including phenoxy) is 2. The molecule has 0 radical (unpaired) electrons. The molecule has 0 aromatic heterocycles. The highest BCUT2D eigenvalue weighted by molar-refractivity contribution is 6.02. The Kier molecular flexibility index (Phi) is 5.51. The van der Waals surface area contributed by atoms with Crippen molar-refractivity contribution in [3.05, 3.63) is 59.7 Å². The Morgan fingerprint density at radius 3 is 2.59 bits per heavy atom. The second-order valence-corrected chi connectivity index (χ2v) is 7.59. The molecule has 1 aliphatic rings. The van der Waals surface area contributed by atoms with E-state index in [4.69, 9.17) is 9.47 Å². The van der Waals surface area contributed by atoms with Crippen LogP contribution in [0.5, 0.6) is 11.5 Å². The lowest BCUT2D eigenvalue weighted by molar-refractivity contribution is -0.111. The van der Waals surface area contributed by atoms with Gasteiger partial charge in [-0.1, -0.05) is 45.0 Å². The maximum atomic E-state index is 12.2. The number of nitrogens with one attached hydrogen (secondary N) is 1. The van der Waals surface area contributed by atoms with Crippen molar-refractivity contribution in [2.75, 3.05) is 18.5 Å². The molecule has 0 bridgehead atoms. The minimum absolute atomic E-state index is 0.104. The number of benzene rings is 2. The summed E-state index contributed by atoms with van der Waals surface area (Å²) in [5.41, 5.74) is 2.92. The molecule has 142 valence electrons. The fourth-order valence-electron chi connectivity index (χ4n) is 2.73. The Balaban J connectivity index is 1.63. The first-order valence-corrected chi connectivity index (χ1v) is 8.99. The third-order valence-electron chi connectivity index (χ3n) is 4.34. The van der Waals surface area contributed by atoms with Gasteiger partial charge in [0.2, 0.25) is 5.91 Å². The number of carbonyl (C=O) groups is 1. The quantitative estimate of drug-likeness (QED) is 0.808. The highest BCUT2D eigenvalue weighted by Crippen LogP contribution is 2.34. The van der Waals surface area contributed by atoms with Gasteiger partial charge in [-0.2, -0.15) is 0 Å². The standard InChI is InChI=1S/C22H25NO4/c1-22(2,3)16-7-4-15(5-8-16)6-11-21(25)23-17-9-10-19-20(12-17)27-18(13-24)14-26-19/h4-12,18,24H,13-14H2,1-3H3,(H,23,25)/t18-/m1/s1. The number of rotatable bonds is 4. The Morgan fingerprint density at radius 1 is 1.19 bits per heavy atom. The van der Waals surface area contributed by atoms with Crippen LogP contribution in [0.2, 0.25) is 0 Å². The second-order valence-electron chi connectivity index (χ2n) is 7.59. The molecule has 2 aromatic rings. The molecule has 2 aromatic carbocycles. The van der Waals surface area contributed by atoms with Crippen molar-refractivity contribution >= 4 is 17.7 Å². The average molecular weight is 367 g/mol. The zero-order valence-corrected chi connectivity index (χ0v) is 15.9. The van der Waals surface area contributed by atoms with E-state index in [1.165, 1.54) is 11.6 Å². The van der Waals surface area contributed by atoms with Crippen LogP contribution in [0, 0.1) is 0 Å². The van der Waals surface area contributed by atoms with Gasteiger partial charge < -0.3 is 19.9 Å². The molecule has 0 saturated carbocycles. The van der Waals surface area contributed by atoms with Gasteiger partial charge in [-0.05, 0) is 34.8 Å². The Labute approximate surface area is 159 Å². The van der Waals surface area contributed by atoms with Gasteiger partial charge in [-0.15, -0.1) is 0 Å². The van der Waals surface area contributed by atoms with Crippen LogP contribution in [0.4, 0.5) is 5.69 Å². The normalized spacial score (nSPS) is 16.4. The first-order valence-electron chi connectivity index (χ1n) is 8.99. The number of hydrogen-bond acceptors (Lipinski definition) is 4. The van der Waals surface area contributed by atoms with Crippen molar-refractivity contribution in [1.82, 2.24) is 0 Å². The predicted molar refractivity (Wildman–Crippen MR) is 106 cm³/mol. The topological polar surface area (TPSA) is 67.8 Å². The SMILES string of the molecule is CC(C)(C)c1ccc(C=CC(=O)Nc2ccc3c(c2)O[C@H](CO)CO3)cc1. The minimum atomic E-state index is -0.389. The Morgan fingerprint density at radius 2 is 1.93 bits per heavy atom. The molecular weight excluding hydrogens is 342 g/mol. The molecule has 1 amide bonds. The molecular formula is C22H25NO4. The van der Waals surface area contributed by atoms with Crippen LogP contribution in [0.1, 0.15) is 31.9 Å². The van der Waals surface area contributed by atoms with Crippen LogP contribution >= 0.6 is 0 Å². The summed E-state index contributed by atoms with van der Waals surface area (Å²) < 4.78 is 11.1. The highest BCUT2D eigenvalue weighted by Gasteiger charge is 2.20. The van der Waals surface area contributed by atoms with Crippen molar-refractivity contribution in [3.8, 4) is 11.5 Å². The molecule has 0 saturated heterocycles. The summed E-state index contributed by atoms with van der Waals surface area (Å²) in [7, 11) is 0. The van der Waals surface area contributed by atoms with Gasteiger partial charge in [0.05, 0.1) is 6.61 Å². The summed E-state index contributed by atoms with van der Waals surface area (Å²) in [6, 6.07) is 13.4. The molecule has 0 fully saturated rings. The third kappa shape index (κ3) is 4.89. The maximum absolute atomic E-state index is 12.2. The molecule has 1 aliphatic heterocycles. The van der Waals surface area contributed by atoms with Crippen LogP contribution in [0.25, 0.3) is 6.08 Å². The minimum Gasteiger partial charge on any atom is -0.486 e. The fraction of sp³-hybridized carbons (Fsp3) is 0.318. The van der Waals surface area contributed by atoms with Gasteiger partial charge >= 0.3 is 0 Å². The molecule has 5 heteroatoms. The largest absolute Gasteiger partial charge is 0.486 e. The second kappa shape index (κ2) is 7.84. The number of hydrogen-bond donors (Lipinski definition) is 2. The van der Waals surface area contributed by atoms with Crippen molar-refractivity contribution in [3.63, 3.8) is 0 Å². The Bertz CT molecular complexity index is 834. The van der Waals surface area contributed by atoms with Gasteiger partial charge in [0.1, 0.15) is 6.61 Å². The van der Waals surface area contributed by atoms with Crippen LogP contribution in [-0.4, -0.2) is 30.3 Å². The number of anilines is 1. The van der Waals surface area contributed by atoms with E-state index >= 15 is 0 Å². The number of aliphatic hydroxyl groups excluding tert-OH is 1. The maximum Gasteiger partial charge on any atom is 0.248 e. The van der Waals surface area contributed by atoms with Crippen molar-refractivity contribution in [2.45, 2.75) is 32.3 Å². The van der Waals surface area contributed by atoms with Gasteiger partial charge in [0.15, 0.2) is 17.6 Å². The van der Waals surface area contributed by atoms with E-state index in [9.17, 15) is 9.90 Å². The van der Waals surface area contributed by atoms with E-state index in [2.05, 4.69) is 38.2 Å². The van der Waals surface area contributed by atoms with Gasteiger partial charge in [0.25, 0.3) is 0 Å². The van der Waals surface area contributed by atoms with E-state index in [1.54, 1.807) is 24.3 Å². The van der Waals surface area contributed by atoms with Crippen molar-refractivity contribution in [2.24, 2.45) is 0 Å². The molecule has 3 rings (SSSR count). The lowest BCUT2D eigenvalue weighted by Gasteiger charge is -2.25. The molecule has 1 atom stereocenters. The first-order chi connectivity index (χ1) is 12.8. The first kappa shape index (κ1) is 19.0. The van der Waals surface area contributed by atoms with Crippen molar-refractivity contribution < 1.29 is 19.4 Å². The zero-order valence-electron chi connectivity index (χ0n) is 15.9. The summed E-state index contributed by atoms with van der Waals surface area (Å²) in [5, 5.41) is 12.0. The summed E-state index contributed by atoms with van der Waals surface area (Å²) >= 11 is 0. The number of fused-ring (bicyclic) bond motifs is 1. The molecule has 27 heavy (non-hydrogen) atoms. The molecule has 0 unspecified atom stereocenters. The third-order valence-corrected chi connectivity index (χ3v) is 4.34. The van der Waals surface area contributed by atoms with Crippen LogP contribution in [0.3, 0.4) is 0 Å². The van der Waals surface area contributed by atoms with E-state index < -0.39 is 0 Å². The molecule has 1 heterocycles. The smallest absolute Gasteiger partial charge is 0.248 e. The van der Waals surface area contributed by atoms with Crippen molar-refractivity contribution in [1.29, 1.82) is 0 Å². The summed E-state index contributed by atoms with van der Waals surface area (Å²) in [5.74, 6) is 0.886. The summed E-state index contributed by atoms with van der Waals surface area (Å²) in [6.07, 6.45) is 2.89. The highest BCUT2D eigenvalue weighted by atomic mass is 16.6. The summed E-state index contributed by atoms with van der Waals surface area (Å²) in [6.45, 7) is 6.70. The monoisotopic (exact) mass is 367 g/mol. The van der Waals surface area contributed by atoms with E-state index in [0.717, 1.165) is 5.56 Å². The molecule has 0 spiro atoms. The van der Waals surface area contributed by atoms with Gasteiger partial charge in [0, 0.05) is 17.8 Å². The van der Waals surface area contributed by atoms with Gasteiger partial charge in [-0.3, -0.25) is 4.79 Å². The van der Waals surface area contributed by atoms with Gasteiger partial charge in [-0.25, -0.2) is 0 Å². The number of amides is 1. The molecule has 2 N–H and O–H groups in total. The lowest BCUT2D eigenvalue weighted by Crippen LogP contribution is -2.32. The zero-order chi connectivity index (χ0) is 19.4. The summed E-state index contributed by atoms with van der Waals surface area (Å²) in [4.78, 5) is 12.2. The molecule has 0 aliphatic carbocycles. The van der Waals surface area contributed by atoms with Crippen LogP contribution in [-0.2, 0) is 10.2 Å². The predicted octanol–water partition coefficient (Wildman–Crippen LogP) is 3.77. The van der Waals surface area contributed by atoms with Crippen LogP contribution in [0.15, 0.2) is 48.5 Å². The van der Waals surface area contributed by atoms with Crippen LogP contribution < -0.4 is 14.8 Å². The van der Waals surface area contributed by atoms with E-state index in [-0.39, 0.29) is 24.0 Å². The Hall–Kier alpha value is -2.79. The lowest BCUT2D eigenvalue weighted by atomic mass is 9.87. The van der Waals surface area contributed by atoms with E-state index in [1.807, 2.05) is 12.1 Å². The van der Waals surface area contributed by atoms with E-state index in [0.29, 0.717) is 23.8 Å². The number of carbonyl (C=O) groups excluding carboxylic acids is 1. The average Bonchev–Trinajstić information content (AvgIpc) is 2.65.